The summed E-state index contributed by atoms with van der Waals surface area (Å²) in [5.41, 5.74) is 8.61. The van der Waals surface area contributed by atoms with Gasteiger partial charge in [0.2, 0.25) is 11.8 Å². The molecule has 2 aromatic carbocycles. The van der Waals surface area contributed by atoms with Gasteiger partial charge in [-0.2, -0.15) is 5.10 Å². The molecule has 2 amide bonds. The number of benzene rings is 2. The number of primary amides is 1. The van der Waals surface area contributed by atoms with E-state index in [2.05, 4.69) is 5.32 Å². The number of hydrogen-bond donors (Lipinski definition) is 2. The average molecular weight is 429 g/mol. The largest absolute Gasteiger partial charge is 0.368 e. The van der Waals surface area contributed by atoms with E-state index in [-0.39, 0.29) is 0 Å². The predicted octanol–water partition coefficient (Wildman–Crippen LogP) is 3.96. The number of para-hydroxylation sites is 1. The molecule has 4 rings (SSSR count). The van der Waals surface area contributed by atoms with E-state index in [0.29, 0.717) is 5.56 Å². The third-order valence-corrected chi connectivity index (χ3v) is 5.51. The van der Waals surface area contributed by atoms with Gasteiger partial charge >= 0.3 is 0 Å². The van der Waals surface area contributed by atoms with Crippen molar-refractivity contribution in [3.63, 3.8) is 0 Å². The van der Waals surface area contributed by atoms with Gasteiger partial charge in [-0.25, -0.2) is 4.68 Å². The molecular formula is C24H20N4O2S. The lowest BCUT2D eigenvalue weighted by Crippen LogP contribution is -2.36. The molecule has 1 atom stereocenters. The van der Waals surface area contributed by atoms with Crippen LogP contribution in [0.25, 0.3) is 22.3 Å². The van der Waals surface area contributed by atoms with Crippen LogP contribution in [0.2, 0.25) is 0 Å². The second-order valence-electron chi connectivity index (χ2n) is 6.78. The van der Waals surface area contributed by atoms with Gasteiger partial charge in [0.15, 0.2) is 0 Å². The predicted molar refractivity (Wildman–Crippen MR) is 122 cm³/mol. The molecule has 3 N–H and O–H groups in total. The maximum absolute atomic E-state index is 12.5. The number of nitrogens with two attached hydrogens (primary N) is 1. The smallest absolute Gasteiger partial charge is 0.244 e. The Labute approximate surface area is 183 Å². The molecule has 31 heavy (non-hydrogen) atoms. The number of nitrogens with one attached hydrogen (secondary N) is 1. The van der Waals surface area contributed by atoms with Gasteiger partial charge in [-0.1, -0.05) is 54.6 Å². The summed E-state index contributed by atoms with van der Waals surface area (Å²) >= 11 is 1.57. The van der Waals surface area contributed by atoms with E-state index >= 15 is 0 Å². The number of thiophene rings is 1. The number of carbonyl (C=O) groups excluding carboxylic acids is 2. The summed E-state index contributed by atoms with van der Waals surface area (Å²) in [5, 5.41) is 9.36. The maximum atomic E-state index is 12.5. The second-order valence-corrected chi connectivity index (χ2v) is 7.73. The number of aromatic nitrogens is 2. The van der Waals surface area contributed by atoms with Crippen molar-refractivity contribution in [2.75, 3.05) is 0 Å². The Kier molecular flexibility index (Phi) is 6.05. The molecule has 0 bridgehead atoms. The molecule has 0 radical (unpaired) electrons. The molecule has 4 aromatic rings. The highest BCUT2D eigenvalue weighted by Crippen LogP contribution is 2.28. The molecule has 0 aliphatic carbocycles. The lowest BCUT2D eigenvalue weighted by Gasteiger charge is -2.14. The summed E-state index contributed by atoms with van der Waals surface area (Å²) < 4.78 is 1.78. The van der Waals surface area contributed by atoms with E-state index in [1.807, 2.05) is 60.1 Å². The Hall–Kier alpha value is -3.97. The summed E-state index contributed by atoms with van der Waals surface area (Å²) in [5.74, 6) is -1.04. The van der Waals surface area contributed by atoms with Crippen LogP contribution >= 0.6 is 11.3 Å². The van der Waals surface area contributed by atoms with Crippen molar-refractivity contribution in [2.45, 2.75) is 6.04 Å². The molecule has 1 unspecified atom stereocenters. The minimum Gasteiger partial charge on any atom is -0.368 e. The normalized spacial score (nSPS) is 12.0. The van der Waals surface area contributed by atoms with Crippen LogP contribution in [-0.4, -0.2) is 21.6 Å². The van der Waals surface area contributed by atoms with Gasteiger partial charge in [0.25, 0.3) is 0 Å². The topological polar surface area (TPSA) is 90.0 Å². The second kappa shape index (κ2) is 9.23. The zero-order valence-corrected chi connectivity index (χ0v) is 17.3. The van der Waals surface area contributed by atoms with Crippen molar-refractivity contribution in [3.05, 3.63) is 102 Å². The van der Waals surface area contributed by atoms with Gasteiger partial charge in [-0.15, -0.1) is 11.3 Å². The van der Waals surface area contributed by atoms with Crippen LogP contribution in [-0.2, 0) is 9.59 Å². The quantitative estimate of drug-likeness (QED) is 0.437. The zero-order valence-electron chi connectivity index (χ0n) is 16.5. The molecular weight excluding hydrogens is 408 g/mol. The molecule has 7 heteroatoms. The maximum Gasteiger partial charge on any atom is 0.244 e. The molecule has 0 fully saturated rings. The summed E-state index contributed by atoms with van der Waals surface area (Å²) in [6.45, 7) is 0. The number of nitrogens with zero attached hydrogens (tertiary/aromatic N) is 2. The van der Waals surface area contributed by atoms with Gasteiger partial charge in [-0.05, 0) is 35.2 Å². The number of hydrogen-bond acceptors (Lipinski definition) is 4. The van der Waals surface area contributed by atoms with E-state index in [1.165, 1.54) is 6.08 Å². The number of amides is 2. The first-order chi connectivity index (χ1) is 15.1. The molecule has 6 nitrogen and oxygen atoms in total. The van der Waals surface area contributed by atoms with Crippen LogP contribution in [0.4, 0.5) is 0 Å². The first kappa shape index (κ1) is 20.3. The third kappa shape index (κ3) is 4.79. The van der Waals surface area contributed by atoms with Gasteiger partial charge < -0.3 is 11.1 Å². The lowest BCUT2D eigenvalue weighted by atomic mass is 10.1. The van der Waals surface area contributed by atoms with Crippen LogP contribution in [0.1, 0.15) is 17.2 Å². The van der Waals surface area contributed by atoms with Crippen molar-refractivity contribution in [1.29, 1.82) is 0 Å². The molecule has 0 saturated heterocycles. The first-order valence-electron chi connectivity index (χ1n) is 9.63. The summed E-state index contributed by atoms with van der Waals surface area (Å²) in [7, 11) is 0. The molecule has 0 saturated carbocycles. The number of rotatable bonds is 7. The molecule has 2 heterocycles. The first-order valence-corrected chi connectivity index (χ1v) is 10.5. The van der Waals surface area contributed by atoms with E-state index in [9.17, 15) is 9.59 Å². The molecule has 0 aliphatic rings. The molecule has 0 spiro atoms. The summed E-state index contributed by atoms with van der Waals surface area (Å²) in [6, 6.07) is 21.7. The molecule has 154 valence electrons. The van der Waals surface area contributed by atoms with Crippen molar-refractivity contribution in [2.24, 2.45) is 5.73 Å². The third-order valence-electron chi connectivity index (χ3n) is 4.64. The van der Waals surface area contributed by atoms with Crippen molar-refractivity contribution in [3.8, 4) is 16.3 Å². The fourth-order valence-electron chi connectivity index (χ4n) is 3.15. The van der Waals surface area contributed by atoms with E-state index in [1.54, 1.807) is 46.4 Å². The van der Waals surface area contributed by atoms with E-state index < -0.39 is 17.9 Å². The standard InChI is InChI=1S/C24H20N4O2S/c25-24(30)23(17-8-3-1-4-9-17)26-21(29)14-13-18-16-28(19-10-5-2-6-11-19)27-22(18)20-12-7-15-31-20/h1-16,23H,(H2,25,30)(H,26,29)/b14-13+. The van der Waals surface area contributed by atoms with E-state index in [4.69, 9.17) is 10.8 Å². The Morgan fingerprint density at radius 2 is 1.71 bits per heavy atom. The highest BCUT2D eigenvalue weighted by atomic mass is 32.1. The number of carbonyl (C=O) groups is 2. The van der Waals surface area contributed by atoms with Crippen LogP contribution < -0.4 is 11.1 Å². The average Bonchev–Trinajstić information content (AvgIpc) is 3.47. The fourth-order valence-corrected chi connectivity index (χ4v) is 3.88. The van der Waals surface area contributed by atoms with Gasteiger partial charge in [0.05, 0.1) is 10.6 Å². The highest BCUT2D eigenvalue weighted by Gasteiger charge is 2.19. The van der Waals surface area contributed by atoms with Gasteiger partial charge in [0, 0.05) is 17.8 Å². The van der Waals surface area contributed by atoms with Crippen molar-refractivity contribution < 1.29 is 9.59 Å². The Morgan fingerprint density at radius 1 is 1.00 bits per heavy atom. The fraction of sp³-hybridized carbons (Fsp3) is 0.0417. The minimum atomic E-state index is -0.901. The Bertz CT molecular complexity index is 1200. The molecule has 0 aliphatic heterocycles. The van der Waals surface area contributed by atoms with Crippen molar-refractivity contribution >= 4 is 29.2 Å². The Morgan fingerprint density at radius 3 is 2.35 bits per heavy atom. The highest BCUT2D eigenvalue weighted by molar-refractivity contribution is 7.13. The van der Waals surface area contributed by atoms with Crippen LogP contribution in [0.3, 0.4) is 0 Å². The van der Waals surface area contributed by atoms with E-state index in [0.717, 1.165) is 21.8 Å². The monoisotopic (exact) mass is 428 g/mol. The zero-order chi connectivity index (χ0) is 21.6. The molecule has 2 aromatic heterocycles. The SMILES string of the molecule is NC(=O)C(NC(=O)/C=C/c1cn(-c2ccccc2)nc1-c1cccs1)c1ccccc1. The Balaban J connectivity index is 1.60. The minimum absolute atomic E-state index is 0.419. The van der Waals surface area contributed by atoms with Gasteiger partial charge in [0.1, 0.15) is 11.7 Å². The summed E-state index contributed by atoms with van der Waals surface area (Å²) in [6.07, 6.45) is 4.96. The summed E-state index contributed by atoms with van der Waals surface area (Å²) in [4.78, 5) is 25.4. The van der Waals surface area contributed by atoms with Crippen LogP contribution in [0.15, 0.2) is 90.4 Å². The van der Waals surface area contributed by atoms with Crippen molar-refractivity contribution in [1.82, 2.24) is 15.1 Å². The van der Waals surface area contributed by atoms with Gasteiger partial charge in [-0.3, -0.25) is 9.59 Å². The van der Waals surface area contributed by atoms with Crippen LogP contribution in [0.5, 0.6) is 0 Å². The lowest BCUT2D eigenvalue weighted by molar-refractivity contribution is -0.125. The van der Waals surface area contributed by atoms with Crippen LogP contribution in [0, 0.1) is 0 Å².